The minimum Gasteiger partial charge on any atom is -0.398 e. The maximum Gasteiger partial charge on any atom is 0.417 e. The van der Waals surface area contributed by atoms with Crippen LogP contribution in [-0.4, -0.2) is 9.97 Å². The maximum absolute atomic E-state index is 13.8. The molecule has 26 heavy (non-hydrogen) atoms. The fourth-order valence-corrected chi connectivity index (χ4v) is 3.63. The third-order valence-corrected chi connectivity index (χ3v) is 4.99. The topological polar surface area (TPSA) is 51.8 Å². The lowest BCUT2D eigenvalue weighted by atomic mass is 9.86. The number of hydrogen-bond acceptors (Lipinski definition) is 3. The van der Waals surface area contributed by atoms with Gasteiger partial charge in [0, 0.05) is 16.9 Å². The molecule has 0 saturated heterocycles. The fourth-order valence-electron chi connectivity index (χ4n) is 3.63. The molecule has 0 saturated carbocycles. The first kappa shape index (κ1) is 16.8. The summed E-state index contributed by atoms with van der Waals surface area (Å²) in [4.78, 5) is 8.90. The second-order valence-corrected chi connectivity index (χ2v) is 6.92. The van der Waals surface area contributed by atoms with E-state index in [4.69, 9.17) is 5.73 Å². The summed E-state index contributed by atoms with van der Waals surface area (Å²) in [5.41, 5.74) is 8.08. The summed E-state index contributed by atoms with van der Waals surface area (Å²) >= 11 is 0. The molecule has 0 amide bonds. The molecule has 0 fully saturated rings. The predicted octanol–water partition coefficient (Wildman–Crippen LogP) is 5.02. The van der Waals surface area contributed by atoms with Crippen molar-refractivity contribution >= 4 is 16.7 Å². The van der Waals surface area contributed by atoms with Crippen molar-refractivity contribution in [1.82, 2.24) is 9.97 Å². The molecule has 0 aliphatic heterocycles. The second kappa shape index (κ2) is 5.97. The molecule has 1 aliphatic carbocycles. The highest BCUT2D eigenvalue weighted by Gasteiger charge is 2.36. The summed E-state index contributed by atoms with van der Waals surface area (Å²) in [7, 11) is 0. The first-order chi connectivity index (χ1) is 12.3. The fraction of sp³-hybridized carbons (Fsp3) is 0.300. The summed E-state index contributed by atoms with van der Waals surface area (Å²) in [6, 6.07) is 9.89. The lowest BCUT2D eigenvalue weighted by Gasteiger charge is -2.24. The highest BCUT2D eigenvalue weighted by atomic mass is 19.4. The van der Waals surface area contributed by atoms with Crippen molar-refractivity contribution in [2.24, 2.45) is 5.92 Å². The molecule has 2 heterocycles. The SMILES string of the molecule is CC1CCc2nc3nc(-c4ccccc4)cc(C(F)(F)F)c3c(N)c2C1. The average Bonchev–Trinajstić information content (AvgIpc) is 2.61. The molecular formula is C20H18F3N3. The summed E-state index contributed by atoms with van der Waals surface area (Å²) in [6.45, 7) is 2.08. The van der Waals surface area contributed by atoms with Crippen molar-refractivity contribution in [2.45, 2.75) is 32.4 Å². The first-order valence-corrected chi connectivity index (χ1v) is 8.59. The molecule has 0 spiro atoms. The van der Waals surface area contributed by atoms with E-state index in [9.17, 15) is 13.2 Å². The number of halogens is 3. The molecule has 2 aromatic heterocycles. The molecule has 4 rings (SSSR count). The smallest absolute Gasteiger partial charge is 0.398 e. The zero-order valence-corrected chi connectivity index (χ0v) is 14.3. The van der Waals surface area contributed by atoms with Crippen molar-refractivity contribution in [3.63, 3.8) is 0 Å². The van der Waals surface area contributed by atoms with Crippen LogP contribution in [0.2, 0.25) is 0 Å². The van der Waals surface area contributed by atoms with Gasteiger partial charge >= 0.3 is 6.18 Å². The van der Waals surface area contributed by atoms with E-state index in [2.05, 4.69) is 16.9 Å². The number of alkyl halides is 3. The van der Waals surface area contributed by atoms with E-state index in [1.165, 1.54) is 0 Å². The molecule has 0 radical (unpaired) electrons. The Morgan fingerprint density at radius 2 is 1.85 bits per heavy atom. The van der Waals surface area contributed by atoms with Gasteiger partial charge < -0.3 is 5.73 Å². The number of rotatable bonds is 1. The Hall–Kier alpha value is -2.63. The molecule has 1 atom stereocenters. The third-order valence-electron chi connectivity index (χ3n) is 4.99. The molecule has 3 nitrogen and oxygen atoms in total. The molecule has 3 aromatic rings. The number of aryl methyl sites for hydroxylation is 1. The minimum atomic E-state index is -4.53. The number of fused-ring (bicyclic) bond motifs is 2. The van der Waals surface area contributed by atoms with Gasteiger partial charge in [0.15, 0.2) is 5.65 Å². The quantitative estimate of drug-likeness (QED) is 0.665. The van der Waals surface area contributed by atoms with Crippen LogP contribution in [0.5, 0.6) is 0 Å². The number of anilines is 1. The summed E-state index contributed by atoms with van der Waals surface area (Å²) in [5, 5.41) is -0.0787. The zero-order chi connectivity index (χ0) is 18.5. The summed E-state index contributed by atoms with van der Waals surface area (Å²) in [5.74, 6) is 0.384. The van der Waals surface area contributed by atoms with Gasteiger partial charge in [0.05, 0.1) is 16.6 Å². The molecule has 1 unspecified atom stereocenters. The monoisotopic (exact) mass is 357 g/mol. The van der Waals surface area contributed by atoms with Crippen molar-refractivity contribution in [3.05, 3.63) is 53.2 Å². The molecule has 2 N–H and O–H groups in total. The van der Waals surface area contributed by atoms with E-state index in [1.54, 1.807) is 24.3 Å². The van der Waals surface area contributed by atoms with Crippen molar-refractivity contribution < 1.29 is 13.2 Å². The second-order valence-electron chi connectivity index (χ2n) is 6.92. The van der Waals surface area contributed by atoms with Crippen molar-refractivity contribution in [3.8, 4) is 11.3 Å². The lowest BCUT2D eigenvalue weighted by molar-refractivity contribution is -0.136. The number of nitrogens with two attached hydrogens (primary N) is 1. The van der Waals surface area contributed by atoms with E-state index in [0.717, 1.165) is 30.2 Å². The Labute approximate surface area is 149 Å². The highest BCUT2D eigenvalue weighted by Crippen LogP contribution is 2.41. The lowest BCUT2D eigenvalue weighted by Crippen LogP contribution is -2.17. The Morgan fingerprint density at radius 3 is 2.54 bits per heavy atom. The van der Waals surface area contributed by atoms with Crippen LogP contribution in [0.4, 0.5) is 18.9 Å². The molecule has 6 heteroatoms. The van der Waals surface area contributed by atoms with Crippen molar-refractivity contribution in [2.75, 3.05) is 5.73 Å². The van der Waals surface area contributed by atoms with Gasteiger partial charge in [-0.25, -0.2) is 9.97 Å². The average molecular weight is 357 g/mol. The van der Waals surface area contributed by atoms with Crippen molar-refractivity contribution in [1.29, 1.82) is 0 Å². The predicted molar refractivity (Wildman–Crippen MR) is 95.6 cm³/mol. The first-order valence-electron chi connectivity index (χ1n) is 8.59. The third kappa shape index (κ3) is 2.79. The Morgan fingerprint density at radius 1 is 1.12 bits per heavy atom. The molecule has 1 aliphatic rings. The van der Waals surface area contributed by atoms with Gasteiger partial charge in [0.25, 0.3) is 0 Å². The van der Waals surface area contributed by atoms with Gasteiger partial charge in [0.2, 0.25) is 0 Å². The molecule has 0 bridgehead atoms. The zero-order valence-electron chi connectivity index (χ0n) is 14.3. The van der Waals surface area contributed by atoms with E-state index >= 15 is 0 Å². The molecular weight excluding hydrogens is 339 g/mol. The number of aromatic nitrogens is 2. The van der Waals surface area contributed by atoms with Gasteiger partial charge in [-0.1, -0.05) is 37.3 Å². The van der Waals surface area contributed by atoms with Crippen LogP contribution >= 0.6 is 0 Å². The Kier molecular flexibility index (Phi) is 3.86. The van der Waals surface area contributed by atoms with Crippen LogP contribution in [0.25, 0.3) is 22.3 Å². The largest absolute Gasteiger partial charge is 0.417 e. The van der Waals surface area contributed by atoms with E-state index in [1.807, 2.05) is 6.07 Å². The Balaban J connectivity index is 2.04. The van der Waals surface area contributed by atoms with Gasteiger partial charge in [-0.05, 0) is 36.8 Å². The molecule has 134 valence electrons. The van der Waals surface area contributed by atoms with Crippen LogP contribution in [-0.2, 0) is 19.0 Å². The highest BCUT2D eigenvalue weighted by molar-refractivity contribution is 5.95. The Bertz CT molecular complexity index is 981. The van der Waals surface area contributed by atoms with Gasteiger partial charge in [-0.3, -0.25) is 0 Å². The van der Waals surface area contributed by atoms with E-state index < -0.39 is 11.7 Å². The van der Waals surface area contributed by atoms with E-state index in [-0.39, 0.29) is 22.4 Å². The number of nitrogen functional groups attached to an aromatic ring is 1. The summed E-state index contributed by atoms with van der Waals surface area (Å²) in [6.07, 6.45) is -2.21. The van der Waals surface area contributed by atoms with Crippen LogP contribution < -0.4 is 5.73 Å². The van der Waals surface area contributed by atoms with Gasteiger partial charge in [0.1, 0.15) is 0 Å². The van der Waals surface area contributed by atoms with Crippen LogP contribution in [0, 0.1) is 5.92 Å². The number of hydrogen-bond donors (Lipinski definition) is 1. The number of nitrogens with zero attached hydrogens (tertiary/aromatic N) is 2. The van der Waals surface area contributed by atoms with E-state index in [0.29, 0.717) is 17.9 Å². The van der Waals surface area contributed by atoms with Crippen LogP contribution in [0.3, 0.4) is 0 Å². The van der Waals surface area contributed by atoms with Gasteiger partial charge in [-0.15, -0.1) is 0 Å². The molecule has 1 aromatic carbocycles. The number of benzene rings is 1. The van der Waals surface area contributed by atoms with Gasteiger partial charge in [-0.2, -0.15) is 13.2 Å². The standard InChI is InChI=1S/C20H18F3N3/c1-11-7-8-15-13(9-11)18(24)17-14(20(21,22)23)10-16(26-19(17)25-15)12-5-3-2-4-6-12/h2-6,10-11H,7-9H2,1H3,(H2,24,25,26). The normalized spacial score (nSPS) is 17.3. The van der Waals surface area contributed by atoms with Crippen LogP contribution in [0.15, 0.2) is 36.4 Å². The maximum atomic E-state index is 13.8. The van der Waals surface area contributed by atoms with Crippen LogP contribution in [0.1, 0.15) is 30.2 Å². The minimum absolute atomic E-state index is 0.0736. The summed E-state index contributed by atoms with van der Waals surface area (Å²) < 4.78 is 41.4. The number of pyridine rings is 2.